The van der Waals surface area contributed by atoms with E-state index in [2.05, 4.69) is 15.2 Å². The molecule has 0 aliphatic heterocycles. The van der Waals surface area contributed by atoms with Crippen molar-refractivity contribution in [3.05, 3.63) is 53.6 Å². The van der Waals surface area contributed by atoms with Gasteiger partial charge in [-0.2, -0.15) is 22.0 Å². The summed E-state index contributed by atoms with van der Waals surface area (Å²) in [5.41, 5.74) is 4.50. The number of hydrogen-bond donors (Lipinski definition) is 2. The van der Waals surface area contributed by atoms with E-state index in [0.29, 0.717) is 0 Å². The van der Waals surface area contributed by atoms with Crippen molar-refractivity contribution in [2.75, 3.05) is 12.4 Å². The number of anilines is 1. The summed E-state index contributed by atoms with van der Waals surface area (Å²) in [4.78, 5) is 17.1. The Morgan fingerprint density at radius 2 is 1.81 bits per heavy atom. The van der Waals surface area contributed by atoms with E-state index < -0.39 is 36.0 Å². The highest BCUT2D eigenvalue weighted by molar-refractivity contribution is 5.98. The van der Waals surface area contributed by atoms with Gasteiger partial charge in [-0.15, -0.1) is 0 Å². The lowest BCUT2D eigenvalue weighted by molar-refractivity contribution is -0.137. The van der Waals surface area contributed by atoms with Crippen molar-refractivity contribution in [1.29, 1.82) is 0 Å². The molecule has 31 heavy (non-hydrogen) atoms. The average Bonchev–Trinajstić information content (AvgIpc) is 2.71. The predicted molar refractivity (Wildman–Crippen MR) is 101 cm³/mol. The minimum atomic E-state index is -4.66. The number of amides is 1. The summed E-state index contributed by atoms with van der Waals surface area (Å²) >= 11 is 0. The van der Waals surface area contributed by atoms with Gasteiger partial charge in [0.2, 0.25) is 6.10 Å². The van der Waals surface area contributed by atoms with Crippen LogP contribution < -0.4 is 20.5 Å². The molecule has 2 rings (SSSR count). The van der Waals surface area contributed by atoms with Crippen molar-refractivity contribution in [2.45, 2.75) is 25.8 Å². The predicted octanol–water partition coefficient (Wildman–Crippen LogP) is 3.98. The van der Waals surface area contributed by atoms with Gasteiger partial charge in [0.15, 0.2) is 17.3 Å². The van der Waals surface area contributed by atoms with Gasteiger partial charge in [0.25, 0.3) is 5.91 Å². The van der Waals surface area contributed by atoms with Crippen LogP contribution in [0.4, 0.5) is 27.6 Å². The lowest BCUT2D eigenvalue weighted by Crippen LogP contribution is -2.28. The molecule has 0 aliphatic carbocycles. The summed E-state index contributed by atoms with van der Waals surface area (Å²) in [6.45, 7) is -1.81. The highest BCUT2D eigenvalue weighted by atomic mass is 19.4. The van der Waals surface area contributed by atoms with Gasteiger partial charge in [0, 0.05) is 5.56 Å². The molecule has 7 nitrogen and oxygen atoms in total. The topological polar surface area (TPSA) is 95.2 Å². The maximum atomic E-state index is 13.0. The van der Waals surface area contributed by atoms with Crippen LogP contribution in [-0.2, 0) is 15.8 Å². The summed E-state index contributed by atoms with van der Waals surface area (Å²) in [6.07, 6.45) is -5.96. The Morgan fingerprint density at radius 3 is 2.42 bits per heavy atom. The van der Waals surface area contributed by atoms with Crippen LogP contribution in [0.3, 0.4) is 0 Å². The fourth-order valence-corrected chi connectivity index (χ4v) is 2.33. The van der Waals surface area contributed by atoms with Crippen LogP contribution in [-0.4, -0.2) is 31.6 Å². The van der Waals surface area contributed by atoms with Crippen molar-refractivity contribution < 1.29 is 41.1 Å². The first-order chi connectivity index (χ1) is 14.5. The zero-order valence-corrected chi connectivity index (χ0v) is 16.2. The van der Waals surface area contributed by atoms with Gasteiger partial charge < -0.3 is 25.4 Å². The first-order valence-electron chi connectivity index (χ1n) is 8.62. The Hall–Kier alpha value is -3.57. The number of rotatable bonds is 8. The SMILES string of the molecule is COc1cc(/C(N)=N/OC(C)C(=O)Nc2ccccc2C(F)(F)F)ccc1OC(F)F. The molecule has 0 saturated heterocycles. The smallest absolute Gasteiger partial charge is 0.418 e. The summed E-state index contributed by atoms with van der Waals surface area (Å²) in [5.74, 6) is -1.42. The molecule has 0 spiro atoms. The number of hydrogen-bond acceptors (Lipinski definition) is 5. The molecule has 0 aliphatic rings. The van der Waals surface area contributed by atoms with Crippen LogP contribution in [0.25, 0.3) is 0 Å². The third-order valence-electron chi connectivity index (χ3n) is 3.84. The molecule has 3 N–H and O–H groups in total. The zero-order valence-electron chi connectivity index (χ0n) is 16.2. The number of ether oxygens (including phenoxy) is 2. The van der Waals surface area contributed by atoms with E-state index in [-0.39, 0.29) is 22.9 Å². The van der Waals surface area contributed by atoms with Gasteiger partial charge in [-0.1, -0.05) is 17.3 Å². The number of amidine groups is 1. The Kier molecular flexibility index (Phi) is 7.61. The lowest BCUT2D eigenvalue weighted by Gasteiger charge is -2.15. The largest absolute Gasteiger partial charge is 0.493 e. The molecule has 168 valence electrons. The molecule has 1 atom stereocenters. The number of halogens is 5. The number of nitrogens with two attached hydrogens (primary N) is 1. The van der Waals surface area contributed by atoms with Crippen molar-refractivity contribution in [2.24, 2.45) is 10.9 Å². The Balaban J connectivity index is 2.09. The molecule has 1 amide bonds. The molecule has 2 aromatic rings. The van der Waals surface area contributed by atoms with Crippen molar-refractivity contribution >= 4 is 17.4 Å². The van der Waals surface area contributed by atoms with Crippen molar-refractivity contribution in [3.8, 4) is 11.5 Å². The molecule has 0 heterocycles. The Morgan fingerprint density at radius 1 is 1.13 bits per heavy atom. The van der Waals surface area contributed by atoms with Gasteiger partial charge >= 0.3 is 12.8 Å². The van der Waals surface area contributed by atoms with E-state index in [0.717, 1.165) is 12.1 Å². The second-order valence-corrected chi connectivity index (χ2v) is 6.00. The molecule has 12 heteroatoms. The fraction of sp³-hybridized carbons (Fsp3) is 0.263. The Labute approximate surface area is 173 Å². The van der Waals surface area contributed by atoms with Gasteiger partial charge in [0.1, 0.15) is 0 Å². The van der Waals surface area contributed by atoms with Crippen LogP contribution in [0.2, 0.25) is 0 Å². The molecule has 0 fully saturated rings. The van der Waals surface area contributed by atoms with E-state index in [1.807, 2.05) is 0 Å². The van der Waals surface area contributed by atoms with Gasteiger partial charge in [0.05, 0.1) is 18.4 Å². The molecule has 0 bridgehead atoms. The Bertz CT molecular complexity index is 950. The number of alkyl halides is 5. The zero-order chi connectivity index (χ0) is 23.2. The molecule has 0 radical (unpaired) electrons. The molecular weight excluding hydrogens is 429 g/mol. The van der Waals surface area contributed by atoms with Crippen LogP contribution in [0, 0.1) is 0 Å². The van der Waals surface area contributed by atoms with Gasteiger partial charge in [-0.25, -0.2) is 0 Å². The highest BCUT2D eigenvalue weighted by Crippen LogP contribution is 2.34. The lowest BCUT2D eigenvalue weighted by atomic mass is 10.1. The number of oxime groups is 1. The average molecular weight is 447 g/mol. The minimum Gasteiger partial charge on any atom is -0.493 e. The summed E-state index contributed by atoms with van der Waals surface area (Å²) in [6, 6.07) is 8.17. The molecule has 0 saturated carbocycles. The number of methoxy groups -OCH3 is 1. The highest BCUT2D eigenvalue weighted by Gasteiger charge is 2.34. The first kappa shape index (κ1) is 23.7. The normalized spacial score (nSPS) is 13.0. The van der Waals surface area contributed by atoms with Crippen LogP contribution in [0.15, 0.2) is 47.6 Å². The van der Waals surface area contributed by atoms with E-state index >= 15 is 0 Å². The third kappa shape index (κ3) is 6.46. The van der Waals surface area contributed by atoms with E-state index in [1.165, 1.54) is 44.4 Å². The fourth-order valence-electron chi connectivity index (χ4n) is 2.33. The van der Waals surface area contributed by atoms with Crippen LogP contribution in [0.5, 0.6) is 11.5 Å². The number of carbonyl (C=O) groups excluding carboxylic acids is 1. The number of nitrogens with one attached hydrogen (secondary N) is 1. The van der Waals surface area contributed by atoms with E-state index in [1.54, 1.807) is 0 Å². The van der Waals surface area contributed by atoms with Crippen molar-refractivity contribution in [3.63, 3.8) is 0 Å². The number of nitrogens with zero attached hydrogens (tertiary/aromatic N) is 1. The standard InChI is InChI=1S/C19H18F5N3O4/c1-10(17(28)26-13-6-4-3-5-12(13)19(22,23)24)31-27-16(25)11-7-8-14(30-18(20)21)15(9-11)29-2/h3-10,18H,1-2H3,(H2,25,27)(H,26,28). The molecular formula is C19H18F5N3O4. The van der Waals surface area contributed by atoms with Gasteiger partial charge in [-0.3, -0.25) is 4.79 Å². The maximum Gasteiger partial charge on any atom is 0.418 e. The van der Waals surface area contributed by atoms with Crippen LogP contribution >= 0.6 is 0 Å². The maximum absolute atomic E-state index is 13.0. The third-order valence-corrected chi connectivity index (χ3v) is 3.84. The number of para-hydroxylation sites is 1. The molecule has 0 aromatic heterocycles. The summed E-state index contributed by atoms with van der Waals surface area (Å²) in [5, 5.41) is 5.68. The minimum absolute atomic E-state index is 0.0505. The quantitative estimate of drug-likeness (QED) is 0.276. The summed E-state index contributed by atoms with van der Waals surface area (Å²) < 4.78 is 73.0. The number of benzene rings is 2. The van der Waals surface area contributed by atoms with E-state index in [9.17, 15) is 26.7 Å². The number of carbonyl (C=O) groups is 1. The summed E-state index contributed by atoms with van der Waals surface area (Å²) in [7, 11) is 1.23. The van der Waals surface area contributed by atoms with E-state index in [4.69, 9.17) is 15.3 Å². The second-order valence-electron chi connectivity index (χ2n) is 6.00. The van der Waals surface area contributed by atoms with Gasteiger partial charge in [-0.05, 0) is 37.3 Å². The van der Waals surface area contributed by atoms with Crippen molar-refractivity contribution in [1.82, 2.24) is 0 Å². The monoisotopic (exact) mass is 447 g/mol. The first-order valence-corrected chi connectivity index (χ1v) is 8.62. The molecule has 2 aromatic carbocycles. The second kappa shape index (κ2) is 9.96. The van der Waals surface area contributed by atoms with Crippen LogP contribution in [0.1, 0.15) is 18.1 Å². The molecule has 1 unspecified atom stereocenters.